The number of anilines is 2. The Kier molecular flexibility index (Phi) is 9.66. The molecule has 1 saturated heterocycles. The van der Waals surface area contributed by atoms with Crippen LogP contribution in [0.25, 0.3) is 5.57 Å². The van der Waals surface area contributed by atoms with Gasteiger partial charge in [0, 0.05) is 18.8 Å². The lowest BCUT2D eigenvalue weighted by molar-refractivity contribution is 0.0843. The minimum Gasteiger partial charge on any atom is -0.489 e. The molecule has 0 radical (unpaired) electrons. The molecule has 0 amide bonds. The van der Waals surface area contributed by atoms with Gasteiger partial charge < -0.3 is 30.4 Å². The molecule has 0 aromatic heterocycles. The molecule has 0 bridgehead atoms. The Morgan fingerprint density at radius 3 is 2.03 bits per heavy atom. The van der Waals surface area contributed by atoms with Crippen molar-refractivity contribution in [3.05, 3.63) is 53.6 Å². The molecule has 0 atom stereocenters. The predicted octanol–water partition coefficient (Wildman–Crippen LogP) is 5.81. The zero-order chi connectivity index (χ0) is 24.5. The molecule has 0 unspecified atom stereocenters. The van der Waals surface area contributed by atoms with Crippen molar-refractivity contribution < 1.29 is 18.9 Å². The Balaban J connectivity index is 0.000000191. The Labute approximate surface area is 204 Å². The maximum absolute atomic E-state index is 6.02. The second-order valence-corrected chi connectivity index (χ2v) is 9.26. The van der Waals surface area contributed by atoms with Crippen molar-refractivity contribution in [2.24, 2.45) is 0 Å². The number of rotatable bonds is 6. The molecule has 0 spiro atoms. The SMILES string of the molecule is CC(C)Oc1c(N)cccc1C1=CCOCC1.CC(C)Oc1c(N)cccc1C1CCOCC1. The van der Waals surface area contributed by atoms with E-state index in [1.54, 1.807) is 0 Å². The first kappa shape index (κ1) is 25.9. The van der Waals surface area contributed by atoms with Crippen LogP contribution in [0.3, 0.4) is 0 Å². The van der Waals surface area contributed by atoms with Gasteiger partial charge in [-0.1, -0.05) is 30.3 Å². The summed E-state index contributed by atoms with van der Waals surface area (Å²) >= 11 is 0. The van der Waals surface area contributed by atoms with E-state index in [9.17, 15) is 0 Å². The molecule has 2 aliphatic rings. The average Bonchev–Trinajstić information content (AvgIpc) is 2.83. The van der Waals surface area contributed by atoms with E-state index in [-0.39, 0.29) is 12.2 Å². The maximum Gasteiger partial charge on any atom is 0.150 e. The van der Waals surface area contributed by atoms with Crippen LogP contribution < -0.4 is 20.9 Å². The average molecular weight is 469 g/mol. The quantitative estimate of drug-likeness (QED) is 0.520. The first-order valence-electron chi connectivity index (χ1n) is 12.3. The lowest BCUT2D eigenvalue weighted by Crippen LogP contribution is -2.17. The van der Waals surface area contributed by atoms with Crippen LogP contribution in [0.2, 0.25) is 0 Å². The standard InChI is InChI=1S/C14H21NO2.C14H19NO2/c2*1-10(2)17-14-12(4-3-5-13(14)15)11-6-8-16-9-7-11/h3-5,10-11H,6-9,15H2,1-2H3;3-6,10H,7-9,15H2,1-2H3. The van der Waals surface area contributed by atoms with E-state index >= 15 is 0 Å². The monoisotopic (exact) mass is 468 g/mol. The first-order valence-corrected chi connectivity index (χ1v) is 12.3. The molecule has 2 heterocycles. The van der Waals surface area contributed by atoms with Crippen LogP contribution in [0.15, 0.2) is 42.5 Å². The van der Waals surface area contributed by atoms with Crippen LogP contribution in [0.1, 0.15) is 64.0 Å². The van der Waals surface area contributed by atoms with Crippen molar-refractivity contribution in [2.45, 2.75) is 65.1 Å². The highest BCUT2D eigenvalue weighted by Gasteiger charge is 2.21. The fraction of sp³-hybridized carbons (Fsp3) is 0.500. The van der Waals surface area contributed by atoms with Crippen LogP contribution >= 0.6 is 0 Å². The lowest BCUT2D eigenvalue weighted by atomic mass is 9.90. The van der Waals surface area contributed by atoms with Gasteiger partial charge in [-0.05, 0) is 76.1 Å². The summed E-state index contributed by atoms with van der Waals surface area (Å²) in [7, 11) is 0. The van der Waals surface area contributed by atoms with Crippen LogP contribution in [-0.2, 0) is 9.47 Å². The van der Waals surface area contributed by atoms with Gasteiger partial charge >= 0.3 is 0 Å². The number of hydrogen-bond acceptors (Lipinski definition) is 6. The molecule has 2 aromatic carbocycles. The third-order valence-electron chi connectivity index (χ3n) is 5.80. The normalized spacial score (nSPS) is 16.6. The zero-order valence-electron chi connectivity index (χ0n) is 21.0. The molecule has 1 fully saturated rings. The predicted molar refractivity (Wildman–Crippen MR) is 139 cm³/mol. The van der Waals surface area contributed by atoms with Gasteiger partial charge in [0.05, 0.1) is 36.8 Å². The van der Waals surface area contributed by atoms with E-state index in [4.69, 9.17) is 30.4 Å². The van der Waals surface area contributed by atoms with Gasteiger partial charge in [-0.25, -0.2) is 0 Å². The molecule has 34 heavy (non-hydrogen) atoms. The number of para-hydroxylation sites is 2. The summed E-state index contributed by atoms with van der Waals surface area (Å²) < 4.78 is 22.4. The first-order chi connectivity index (χ1) is 16.4. The maximum atomic E-state index is 6.02. The van der Waals surface area contributed by atoms with Crippen molar-refractivity contribution in [3.63, 3.8) is 0 Å². The number of hydrogen-bond donors (Lipinski definition) is 2. The number of benzene rings is 2. The van der Waals surface area contributed by atoms with Crippen LogP contribution in [0.4, 0.5) is 11.4 Å². The van der Waals surface area contributed by atoms with Crippen LogP contribution in [-0.4, -0.2) is 38.6 Å². The second kappa shape index (κ2) is 12.7. The van der Waals surface area contributed by atoms with Crippen molar-refractivity contribution in [1.82, 2.24) is 0 Å². The van der Waals surface area contributed by atoms with Gasteiger partial charge in [-0.2, -0.15) is 0 Å². The molecule has 6 heteroatoms. The van der Waals surface area contributed by atoms with Gasteiger partial charge in [0.2, 0.25) is 0 Å². The highest BCUT2D eigenvalue weighted by Crippen LogP contribution is 2.38. The van der Waals surface area contributed by atoms with Gasteiger partial charge in [-0.15, -0.1) is 0 Å². The summed E-state index contributed by atoms with van der Waals surface area (Å²) in [4.78, 5) is 0. The van der Waals surface area contributed by atoms with E-state index in [1.165, 1.54) is 11.1 Å². The van der Waals surface area contributed by atoms with Crippen molar-refractivity contribution in [3.8, 4) is 11.5 Å². The van der Waals surface area contributed by atoms with Crippen LogP contribution in [0, 0.1) is 0 Å². The van der Waals surface area contributed by atoms with E-state index in [0.29, 0.717) is 18.2 Å². The summed E-state index contributed by atoms with van der Waals surface area (Å²) in [5, 5.41) is 0. The highest BCUT2D eigenvalue weighted by atomic mass is 16.5. The molecule has 2 aromatic rings. The van der Waals surface area contributed by atoms with E-state index < -0.39 is 0 Å². The molecule has 6 nitrogen and oxygen atoms in total. The number of nitrogens with two attached hydrogens (primary N) is 2. The molecular weight excluding hydrogens is 428 g/mol. The summed E-state index contributed by atoms with van der Waals surface area (Å²) in [6.45, 7) is 11.2. The van der Waals surface area contributed by atoms with E-state index in [2.05, 4.69) is 18.2 Å². The third kappa shape index (κ3) is 7.15. The molecule has 0 saturated carbocycles. The summed E-state index contributed by atoms with van der Waals surface area (Å²) in [5.74, 6) is 2.19. The Hall–Kier alpha value is -2.70. The summed E-state index contributed by atoms with van der Waals surface area (Å²) in [6, 6.07) is 11.9. The smallest absolute Gasteiger partial charge is 0.150 e. The Morgan fingerprint density at radius 2 is 1.41 bits per heavy atom. The van der Waals surface area contributed by atoms with Gasteiger partial charge in [0.1, 0.15) is 11.5 Å². The van der Waals surface area contributed by atoms with Crippen molar-refractivity contribution in [1.29, 1.82) is 0 Å². The highest BCUT2D eigenvalue weighted by molar-refractivity contribution is 5.76. The molecular formula is C28H40N2O4. The molecule has 186 valence electrons. The topological polar surface area (TPSA) is 89.0 Å². The second-order valence-electron chi connectivity index (χ2n) is 9.26. The number of ether oxygens (including phenoxy) is 4. The van der Waals surface area contributed by atoms with Crippen molar-refractivity contribution in [2.75, 3.05) is 37.9 Å². The van der Waals surface area contributed by atoms with Gasteiger partial charge in [0.15, 0.2) is 0 Å². The van der Waals surface area contributed by atoms with Crippen LogP contribution in [0.5, 0.6) is 11.5 Å². The Bertz CT molecular complexity index is 949. The van der Waals surface area contributed by atoms with E-state index in [1.807, 2.05) is 52.0 Å². The van der Waals surface area contributed by atoms with Gasteiger partial charge in [0.25, 0.3) is 0 Å². The molecule has 4 rings (SSSR count). The number of nitrogen functional groups attached to an aromatic ring is 2. The van der Waals surface area contributed by atoms with E-state index in [0.717, 1.165) is 61.8 Å². The Morgan fingerprint density at radius 1 is 0.794 bits per heavy atom. The molecule has 2 aliphatic heterocycles. The zero-order valence-corrected chi connectivity index (χ0v) is 21.0. The van der Waals surface area contributed by atoms with Crippen molar-refractivity contribution >= 4 is 16.9 Å². The molecule has 4 N–H and O–H groups in total. The summed E-state index contributed by atoms with van der Waals surface area (Å²) in [5.41, 5.74) is 17.0. The fourth-order valence-corrected chi connectivity index (χ4v) is 4.22. The molecule has 0 aliphatic carbocycles. The third-order valence-corrected chi connectivity index (χ3v) is 5.80. The fourth-order valence-electron chi connectivity index (χ4n) is 4.22. The largest absolute Gasteiger partial charge is 0.489 e. The van der Waals surface area contributed by atoms with Gasteiger partial charge in [-0.3, -0.25) is 0 Å². The minimum atomic E-state index is 0.124. The lowest BCUT2D eigenvalue weighted by Gasteiger charge is -2.26. The minimum absolute atomic E-state index is 0.124. The summed E-state index contributed by atoms with van der Waals surface area (Å²) in [6.07, 6.45) is 5.40.